The highest BCUT2D eigenvalue weighted by molar-refractivity contribution is 5.04. The molecule has 1 saturated carbocycles. The molecule has 0 aromatic rings. The van der Waals surface area contributed by atoms with E-state index in [0.717, 1.165) is 12.5 Å². The summed E-state index contributed by atoms with van der Waals surface area (Å²) in [6, 6.07) is 0. The minimum atomic E-state index is 0.425. The highest BCUT2D eigenvalue weighted by Gasteiger charge is 2.49. The molecule has 2 unspecified atom stereocenters. The van der Waals surface area contributed by atoms with Gasteiger partial charge in [-0.3, -0.25) is 4.90 Å². The molecule has 0 N–H and O–H groups in total. The summed E-state index contributed by atoms with van der Waals surface area (Å²) in [5.74, 6) is 0.919. The van der Waals surface area contributed by atoms with Crippen LogP contribution in [0.1, 0.15) is 25.7 Å². The quantitative estimate of drug-likeness (QED) is 0.621. The Labute approximate surface area is 74.9 Å². The average molecular weight is 169 g/mol. The molecule has 1 aliphatic heterocycles. The van der Waals surface area contributed by atoms with Crippen LogP contribution < -0.4 is 0 Å². The van der Waals surface area contributed by atoms with Crippen LogP contribution in [-0.2, 0) is 4.74 Å². The van der Waals surface area contributed by atoms with Crippen LogP contribution in [0, 0.1) is 5.92 Å². The van der Waals surface area contributed by atoms with Crippen molar-refractivity contribution < 1.29 is 4.74 Å². The van der Waals surface area contributed by atoms with Crippen LogP contribution in [0.5, 0.6) is 0 Å². The molecule has 2 rings (SSSR count). The second-order valence-electron chi connectivity index (χ2n) is 4.34. The summed E-state index contributed by atoms with van der Waals surface area (Å²) in [6.07, 6.45) is 5.56. The maximum Gasteiger partial charge on any atom is 0.0649 e. The predicted molar refractivity (Wildman–Crippen MR) is 49.2 cm³/mol. The lowest BCUT2D eigenvalue weighted by molar-refractivity contribution is 0.0394. The van der Waals surface area contributed by atoms with Gasteiger partial charge in [0, 0.05) is 12.6 Å². The first-order chi connectivity index (χ1) is 5.79. The van der Waals surface area contributed by atoms with Crippen molar-refractivity contribution in [2.24, 2.45) is 5.92 Å². The van der Waals surface area contributed by atoms with Gasteiger partial charge >= 0.3 is 0 Å². The fraction of sp³-hybridized carbons (Fsp3) is 1.00. The smallest absolute Gasteiger partial charge is 0.0649 e. The minimum Gasteiger partial charge on any atom is -0.383 e. The van der Waals surface area contributed by atoms with Gasteiger partial charge in [0.25, 0.3) is 0 Å². The van der Waals surface area contributed by atoms with Crippen LogP contribution in [0.4, 0.5) is 0 Å². The number of nitrogens with zero attached hydrogens (tertiary/aromatic N) is 1. The third-order valence-corrected chi connectivity index (χ3v) is 3.89. The SMILES string of the molecule is COCC12CCCC1CCN2C. The largest absolute Gasteiger partial charge is 0.383 e. The van der Waals surface area contributed by atoms with Crippen molar-refractivity contribution in [3.8, 4) is 0 Å². The van der Waals surface area contributed by atoms with E-state index >= 15 is 0 Å². The Morgan fingerprint density at radius 3 is 3.08 bits per heavy atom. The molecule has 1 heterocycles. The van der Waals surface area contributed by atoms with E-state index in [0.29, 0.717) is 5.54 Å². The molecule has 2 fully saturated rings. The fourth-order valence-electron chi connectivity index (χ4n) is 3.17. The lowest BCUT2D eigenvalue weighted by atomic mass is 9.89. The third kappa shape index (κ3) is 1.01. The van der Waals surface area contributed by atoms with E-state index < -0.39 is 0 Å². The Balaban J connectivity index is 2.15. The second-order valence-corrected chi connectivity index (χ2v) is 4.34. The lowest BCUT2D eigenvalue weighted by Crippen LogP contribution is -2.46. The molecule has 1 aliphatic carbocycles. The van der Waals surface area contributed by atoms with Gasteiger partial charge in [0.1, 0.15) is 0 Å². The number of rotatable bonds is 2. The number of ether oxygens (including phenoxy) is 1. The van der Waals surface area contributed by atoms with Crippen LogP contribution in [0.25, 0.3) is 0 Å². The molecule has 0 amide bonds. The molecular weight excluding hydrogens is 150 g/mol. The van der Waals surface area contributed by atoms with Crippen molar-refractivity contribution in [3.05, 3.63) is 0 Å². The first-order valence-corrected chi connectivity index (χ1v) is 5.00. The summed E-state index contributed by atoms with van der Waals surface area (Å²) >= 11 is 0. The summed E-state index contributed by atoms with van der Waals surface area (Å²) in [6.45, 7) is 2.21. The number of hydrogen-bond donors (Lipinski definition) is 0. The molecule has 2 aliphatic rings. The highest BCUT2D eigenvalue weighted by Crippen LogP contribution is 2.46. The zero-order chi connectivity index (χ0) is 8.60. The van der Waals surface area contributed by atoms with E-state index in [1.807, 2.05) is 7.11 Å². The molecule has 12 heavy (non-hydrogen) atoms. The second kappa shape index (κ2) is 3.00. The van der Waals surface area contributed by atoms with E-state index in [9.17, 15) is 0 Å². The molecule has 70 valence electrons. The van der Waals surface area contributed by atoms with Crippen LogP contribution >= 0.6 is 0 Å². The van der Waals surface area contributed by atoms with Crippen LogP contribution in [0.3, 0.4) is 0 Å². The van der Waals surface area contributed by atoms with Gasteiger partial charge in [-0.05, 0) is 38.8 Å². The van der Waals surface area contributed by atoms with E-state index in [4.69, 9.17) is 4.74 Å². The first kappa shape index (κ1) is 8.52. The zero-order valence-corrected chi connectivity index (χ0v) is 8.18. The van der Waals surface area contributed by atoms with Crippen molar-refractivity contribution in [1.29, 1.82) is 0 Å². The highest BCUT2D eigenvalue weighted by atomic mass is 16.5. The molecule has 2 heteroatoms. The molecule has 0 spiro atoms. The topological polar surface area (TPSA) is 12.5 Å². The van der Waals surface area contributed by atoms with Gasteiger partial charge in [-0.25, -0.2) is 0 Å². The lowest BCUT2D eigenvalue weighted by Gasteiger charge is -2.35. The van der Waals surface area contributed by atoms with Crippen molar-refractivity contribution in [3.63, 3.8) is 0 Å². The van der Waals surface area contributed by atoms with Gasteiger partial charge in [0.15, 0.2) is 0 Å². The number of likely N-dealkylation sites (tertiary alicyclic amines) is 1. The molecule has 2 nitrogen and oxygen atoms in total. The molecule has 0 bridgehead atoms. The Kier molecular flexibility index (Phi) is 2.13. The summed E-state index contributed by atoms with van der Waals surface area (Å²) in [5, 5.41) is 0. The Bertz CT molecular complexity index is 171. The summed E-state index contributed by atoms with van der Waals surface area (Å²) < 4.78 is 5.36. The third-order valence-electron chi connectivity index (χ3n) is 3.89. The maximum absolute atomic E-state index is 5.36. The Hall–Kier alpha value is -0.0800. The monoisotopic (exact) mass is 169 g/mol. The van der Waals surface area contributed by atoms with E-state index in [1.54, 1.807) is 0 Å². The van der Waals surface area contributed by atoms with Gasteiger partial charge in [0.05, 0.1) is 6.61 Å². The summed E-state index contributed by atoms with van der Waals surface area (Å²) in [7, 11) is 4.08. The van der Waals surface area contributed by atoms with Gasteiger partial charge in [-0.15, -0.1) is 0 Å². The Morgan fingerprint density at radius 2 is 2.33 bits per heavy atom. The van der Waals surface area contributed by atoms with Gasteiger partial charge in [-0.2, -0.15) is 0 Å². The Morgan fingerprint density at radius 1 is 1.50 bits per heavy atom. The van der Waals surface area contributed by atoms with E-state index in [1.165, 1.54) is 32.2 Å². The molecule has 0 radical (unpaired) electrons. The normalized spacial score (nSPS) is 42.0. The molecule has 1 saturated heterocycles. The molecule has 0 aromatic heterocycles. The van der Waals surface area contributed by atoms with E-state index in [-0.39, 0.29) is 0 Å². The zero-order valence-electron chi connectivity index (χ0n) is 8.18. The minimum absolute atomic E-state index is 0.425. The fourth-order valence-corrected chi connectivity index (χ4v) is 3.17. The first-order valence-electron chi connectivity index (χ1n) is 5.00. The van der Waals surface area contributed by atoms with Crippen LogP contribution in [0.15, 0.2) is 0 Å². The van der Waals surface area contributed by atoms with Gasteiger partial charge in [-0.1, -0.05) is 6.42 Å². The molecule has 2 atom stereocenters. The molecule has 0 aromatic carbocycles. The summed E-state index contributed by atoms with van der Waals surface area (Å²) in [4.78, 5) is 2.52. The van der Waals surface area contributed by atoms with Crippen molar-refractivity contribution >= 4 is 0 Å². The molecular formula is C10H19NO. The maximum atomic E-state index is 5.36. The summed E-state index contributed by atoms with van der Waals surface area (Å²) in [5.41, 5.74) is 0.425. The van der Waals surface area contributed by atoms with Crippen molar-refractivity contribution in [1.82, 2.24) is 4.90 Å². The number of fused-ring (bicyclic) bond motifs is 1. The van der Waals surface area contributed by atoms with Crippen molar-refractivity contribution in [2.45, 2.75) is 31.2 Å². The number of methoxy groups -OCH3 is 1. The van der Waals surface area contributed by atoms with Gasteiger partial charge in [0.2, 0.25) is 0 Å². The number of hydrogen-bond acceptors (Lipinski definition) is 2. The van der Waals surface area contributed by atoms with Crippen LogP contribution in [-0.4, -0.2) is 37.7 Å². The van der Waals surface area contributed by atoms with Crippen molar-refractivity contribution in [2.75, 3.05) is 27.3 Å². The average Bonchev–Trinajstić information content (AvgIpc) is 2.55. The van der Waals surface area contributed by atoms with Crippen LogP contribution in [0.2, 0.25) is 0 Å². The van der Waals surface area contributed by atoms with E-state index in [2.05, 4.69) is 11.9 Å². The standard InChI is InChI=1S/C10H19NO/c1-11-7-5-9-4-3-6-10(9,11)8-12-2/h9H,3-8H2,1-2H3. The predicted octanol–water partition coefficient (Wildman–Crippen LogP) is 1.51. The number of likely N-dealkylation sites (N-methyl/N-ethyl adjacent to an activating group) is 1. The van der Waals surface area contributed by atoms with Gasteiger partial charge < -0.3 is 4.74 Å².